The number of ether oxygens (including phenoxy) is 3. The summed E-state index contributed by atoms with van der Waals surface area (Å²) in [6.07, 6.45) is -2.96. The van der Waals surface area contributed by atoms with Crippen LogP contribution in [0, 0.1) is 0 Å². The van der Waals surface area contributed by atoms with E-state index in [1.165, 1.54) is 12.3 Å². The molecular formula is C20H26F3IN4O3. The number of aliphatic imine (C=N–C) groups is 1. The summed E-state index contributed by atoms with van der Waals surface area (Å²) in [7, 11) is 3.16. The molecule has 0 aliphatic carbocycles. The summed E-state index contributed by atoms with van der Waals surface area (Å²) in [5, 5.41) is 6.35. The van der Waals surface area contributed by atoms with E-state index in [9.17, 15) is 13.2 Å². The molecule has 7 nitrogen and oxygen atoms in total. The molecule has 1 aromatic heterocycles. The molecule has 2 N–H and O–H groups in total. The van der Waals surface area contributed by atoms with E-state index in [0.717, 1.165) is 11.1 Å². The summed E-state index contributed by atoms with van der Waals surface area (Å²) in [5.74, 6) is 1.79. The highest BCUT2D eigenvalue weighted by Crippen LogP contribution is 2.27. The van der Waals surface area contributed by atoms with Crippen molar-refractivity contribution >= 4 is 29.9 Å². The van der Waals surface area contributed by atoms with Crippen LogP contribution < -0.4 is 24.8 Å². The average Bonchev–Trinajstić information content (AvgIpc) is 2.74. The summed E-state index contributed by atoms with van der Waals surface area (Å²) in [5.41, 5.74) is 1.71. The van der Waals surface area contributed by atoms with E-state index in [2.05, 4.69) is 25.3 Å². The van der Waals surface area contributed by atoms with E-state index in [4.69, 9.17) is 9.47 Å². The highest BCUT2D eigenvalue weighted by atomic mass is 127. The van der Waals surface area contributed by atoms with Crippen LogP contribution in [0.2, 0.25) is 0 Å². The Hall–Kier alpha value is -2.44. The zero-order valence-electron chi connectivity index (χ0n) is 17.5. The molecule has 0 saturated heterocycles. The minimum absolute atomic E-state index is 0. The van der Waals surface area contributed by atoms with E-state index in [1.54, 1.807) is 20.3 Å². The molecule has 2 rings (SSSR count). The lowest BCUT2D eigenvalue weighted by Gasteiger charge is -2.13. The third-order valence-electron chi connectivity index (χ3n) is 3.85. The zero-order chi connectivity index (χ0) is 22.0. The molecule has 0 radical (unpaired) electrons. The number of aromatic nitrogens is 1. The number of alkyl halides is 3. The van der Waals surface area contributed by atoms with Gasteiger partial charge in [-0.05, 0) is 30.2 Å². The lowest BCUT2D eigenvalue weighted by atomic mass is 10.2. The minimum Gasteiger partial charge on any atom is -0.493 e. The Morgan fingerprint density at radius 3 is 2.32 bits per heavy atom. The van der Waals surface area contributed by atoms with Crippen LogP contribution in [0.15, 0.2) is 41.5 Å². The van der Waals surface area contributed by atoms with E-state index in [1.807, 2.05) is 25.1 Å². The normalized spacial score (nSPS) is 11.4. The predicted molar refractivity (Wildman–Crippen MR) is 122 cm³/mol. The summed E-state index contributed by atoms with van der Waals surface area (Å²) < 4.78 is 51.7. The number of nitrogens with zero attached hydrogens (tertiary/aromatic N) is 2. The highest BCUT2D eigenvalue weighted by Gasteiger charge is 2.28. The highest BCUT2D eigenvalue weighted by molar-refractivity contribution is 14.0. The fraction of sp³-hybridized carbons (Fsp3) is 0.400. The van der Waals surface area contributed by atoms with Crippen molar-refractivity contribution in [2.45, 2.75) is 26.2 Å². The van der Waals surface area contributed by atoms with Gasteiger partial charge >= 0.3 is 6.18 Å². The number of nitrogens with one attached hydrogen (secondary N) is 2. The largest absolute Gasteiger partial charge is 0.493 e. The number of benzene rings is 1. The fourth-order valence-electron chi connectivity index (χ4n) is 2.43. The van der Waals surface area contributed by atoms with Crippen LogP contribution in [0.4, 0.5) is 13.2 Å². The van der Waals surface area contributed by atoms with Crippen molar-refractivity contribution in [3.05, 3.63) is 47.7 Å². The molecule has 0 spiro atoms. The van der Waals surface area contributed by atoms with Gasteiger partial charge in [-0.25, -0.2) is 9.98 Å². The number of pyridine rings is 1. The Morgan fingerprint density at radius 1 is 1.03 bits per heavy atom. The van der Waals surface area contributed by atoms with Gasteiger partial charge in [0.1, 0.15) is 0 Å². The average molecular weight is 554 g/mol. The van der Waals surface area contributed by atoms with Crippen LogP contribution in [0.1, 0.15) is 18.1 Å². The molecular weight excluding hydrogens is 528 g/mol. The molecule has 172 valence electrons. The standard InChI is InChI=1S/C20H25F3N4O3.HI/c1-4-24-19(26-10-14-5-7-16(28-2)17(9-14)29-3)27-12-15-6-8-18(25-11-15)30-13-20(21,22)23;/h5-9,11H,4,10,12-13H2,1-3H3,(H2,24,26,27);1H. The maximum atomic E-state index is 12.2. The summed E-state index contributed by atoms with van der Waals surface area (Å²) in [4.78, 5) is 8.34. The molecule has 0 saturated carbocycles. The molecule has 11 heteroatoms. The van der Waals surface area contributed by atoms with Crippen molar-refractivity contribution in [2.24, 2.45) is 4.99 Å². The third kappa shape index (κ3) is 9.49. The van der Waals surface area contributed by atoms with Crippen molar-refractivity contribution in [1.29, 1.82) is 0 Å². The fourth-order valence-corrected chi connectivity index (χ4v) is 2.43. The first-order valence-electron chi connectivity index (χ1n) is 9.22. The Labute approximate surface area is 196 Å². The van der Waals surface area contributed by atoms with Crippen molar-refractivity contribution in [3.63, 3.8) is 0 Å². The van der Waals surface area contributed by atoms with Crippen molar-refractivity contribution in [2.75, 3.05) is 27.4 Å². The number of halogens is 4. The molecule has 2 aromatic rings. The maximum absolute atomic E-state index is 12.2. The smallest absolute Gasteiger partial charge is 0.422 e. The molecule has 0 atom stereocenters. The maximum Gasteiger partial charge on any atom is 0.422 e. The number of hydrogen-bond donors (Lipinski definition) is 2. The molecule has 0 unspecified atom stereocenters. The molecule has 0 fully saturated rings. The van der Waals surface area contributed by atoms with Crippen molar-refractivity contribution < 1.29 is 27.4 Å². The van der Waals surface area contributed by atoms with Gasteiger partial charge in [0.05, 0.1) is 20.8 Å². The van der Waals surface area contributed by atoms with Crippen LogP contribution in [-0.2, 0) is 13.1 Å². The van der Waals surface area contributed by atoms with Crippen LogP contribution in [0.5, 0.6) is 17.4 Å². The summed E-state index contributed by atoms with van der Waals surface area (Å²) in [6.45, 7) is 2.05. The Morgan fingerprint density at radius 2 is 1.74 bits per heavy atom. The quantitative estimate of drug-likeness (QED) is 0.278. The van der Waals surface area contributed by atoms with Gasteiger partial charge in [-0.3, -0.25) is 0 Å². The van der Waals surface area contributed by atoms with Gasteiger partial charge < -0.3 is 24.8 Å². The predicted octanol–water partition coefficient (Wildman–Crippen LogP) is 3.91. The molecule has 0 amide bonds. The van der Waals surface area contributed by atoms with Gasteiger partial charge in [0, 0.05) is 25.4 Å². The van der Waals surface area contributed by atoms with E-state index < -0.39 is 12.8 Å². The van der Waals surface area contributed by atoms with Gasteiger partial charge in [-0.1, -0.05) is 12.1 Å². The van der Waals surface area contributed by atoms with Gasteiger partial charge in [0.15, 0.2) is 24.1 Å². The molecule has 1 heterocycles. The molecule has 0 bridgehead atoms. The van der Waals surface area contributed by atoms with Crippen LogP contribution in [-0.4, -0.2) is 44.5 Å². The SMILES string of the molecule is CCNC(=NCc1ccc(OCC(F)(F)F)nc1)NCc1ccc(OC)c(OC)c1.I. The van der Waals surface area contributed by atoms with Gasteiger partial charge in [0.2, 0.25) is 5.88 Å². The van der Waals surface area contributed by atoms with Crippen LogP contribution in [0.3, 0.4) is 0 Å². The Bertz CT molecular complexity index is 833. The first-order chi connectivity index (χ1) is 14.3. The van der Waals surface area contributed by atoms with E-state index in [-0.39, 0.29) is 29.9 Å². The number of rotatable bonds is 9. The second-order valence-electron chi connectivity index (χ2n) is 6.15. The third-order valence-corrected chi connectivity index (χ3v) is 3.85. The molecule has 1 aromatic carbocycles. The first kappa shape index (κ1) is 26.6. The van der Waals surface area contributed by atoms with Gasteiger partial charge in [-0.15, -0.1) is 24.0 Å². The van der Waals surface area contributed by atoms with E-state index >= 15 is 0 Å². The van der Waals surface area contributed by atoms with Crippen molar-refractivity contribution in [3.8, 4) is 17.4 Å². The van der Waals surface area contributed by atoms with Gasteiger partial charge in [0.25, 0.3) is 0 Å². The monoisotopic (exact) mass is 554 g/mol. The van der Waals surface area contributed by atoms with Gasteiger partial charge in [-0.2, -0.15) is 13.2 Å². The van der Waals surface area contributed by atoms with Crippen molar-refractivity contribution in [1.82, 2.24) is 15.6 Å². The number of methoxy groups -OCH3 is 2. The Kier molecular flexibility index (Phi) is 11.2. The molecule has 31 heavy (non-hydrogen) atoms. The lowest BCUT2D eigenvalue weighted by molar-refractivity contribution is -0.154. The zero-order valence-corrected chi connectivity index (χ0v) is 19.8. The number of hydrogen-bond acceptors (Lipinski definition) is 5. The second-order valence-corrected chi connectivity index (χ2v) is 6.15. The number of guanidine groups is 1. The second kappa shape index (κ2) is 13.1. The summed E-state index contributed by atoms with van der Waals surface area (Å²) in [6, 6.07) is 8.63. The minimum atomic E-state index is -4.40. The van der Waals surface area contributed by atoms with Crippen LogP contribution in [0.25, 0.3) is 0 Å². The summed E-state index contributed by atoms with van der Waals surface area (Å²) >= 11 is 0. The molecule has 0 aliphatic heterocycles. The lowest BCUT2D eigenvalue weighted by Crippen LogP contribution is -2.36. The van der Waals surface area contributed by atoms with Crippen LogP contribution >= 0.6 is 24.0 Å². The topological polar surface area (TPSA) is 77.0 Å². The first-order valence-corrected chi connectivity index (χ1v) is 9.22. The molecule has 0 aliphatic rings. The Balaban J connectivity index is 0.00000480. The van der Waals surface area contributed by atoms with E-state index in [0.29, 0.717) is 37.1 Å².